The van der Waals surface area contributed by atoms with Crippen molar-refractivity contribution in [2.75, 3.05) is 6.26 Å². The number of unbranched alkanes of at least 4 members (excludes halogenated alkanes) is 1. The van der Waals surface area contributed by atoms with Gasteiger partial charge in [-0.3, -0.25) is 4.79 Å². The molecule has 0 amide bonds. The molecule has 4 aromatic rings. The Labute approximate surface area is 207 Å². The highest BCUT2D eigenvalue weighted by Gasteiger charge is 2.14. The van der Waals surface area contributed by atoms with Crippen LogP contribution in [-0.2, 0) is 28.4 Å². The Morgan fingerprint density at radius 2 is 1.68 bits per heavy atom. The molecule has 0 aliphatic carbocycles. The Balaban J connectivity index is 1.38. The van der Waals surface area contributed by atoms with E-state index >= 15 is 0 Å². The molecule has 0 aliphatic rings. The lowest BCUT2D eigenvalue weighted by molar-refractivity contribution is 0.0993. The third kappa shape index (κ3) is 6.65. The average Bonchev–Trinajstić information content (AvgIpc) is 3.34. The maximum Gasteiger partial charge on any atom is 0.169 e. The van der Waals surface area contributed by atoms with Crippen LogP contribution in [0.25, 0.3) is 9.53 Å². The molecule has 0 aliphatic heterocycles. The summed E-state index contributed by atoms with van der Waals surface area (Å²) in [4.78, 5) is 18.1. The number of thiophene rings is 1. The molecule has 2 aromatic carbocycles. The summed E-state index contributed by atoms with van der Waals surface area (Å²) in [6, 6.07) is 16.8. The molecule has 0 spiro atoms. The second kappa shape index (κ2) is 10.7. The number of azo groups is 1. The van der Waals surface area contributed by atoms with Crippen LogP contribution in [0.5, 0.6) is 0 Å². The fourth-order valence-corrected chi connectivity index (χ4v) is 6.29. The van der Waals surface area contributed by atoms with Crippen molar-refractivity contribution in [3.05, 3.63) is 76.3 Å². The van der Waals surface area contributed by atoms with Crippen LogP contribution >= 0.6 is 22.7 Å². The number of sulfone groups is 1. The van der Waals surface area contributed by atoms with Gasteiger partial charge in [-0.1, -0.05) is 61.1 Å². The van der Waals surface area contributed by atoms with E-state index in [0.29, 0.717) is 11.1 Å². The minimum atomic E-state index is -3.10. The molecule has 0 unspecified atom stereocenters. The SMILES string of the molecule is CCCCc1ccc(N=Nc2cc3sc(CC(=O)c4ccc(CS(C)(=O)=O)cc4)nc3s2)cc1. The lowest BCUT2D eigenvalue weighted by atomic mass is 10.1. The fraction of sp³-hybridized carbons (Fsp3) is 0.280. The van der Waals surface area contributed by atoms with Crippen molar-refractivity contribution < 1.29 is 13.2 Å². The Morgan fingerprint density at radius 1 is 0.971 bits per heavy atom. The van der Waals surface area contributed by atoms with Gasteiger partial charge in [-0.25, -0.2) is 13.4 Å². The predicted octanol–water partition coefficient (Wildman–Crippen LogP) is 7.09. The molecule has 4 rings (SSSR count). The molecule has 34 heavy (non-hydrogen) atoms. The molecular formula is C25H25N3O3S3. The summed E-state index contributed by atoms with van der Waals surface area (Å²) in [5.41, 5.74) is 3.35. The molecule has 2 aromatic heterocycles. The summed E-state index contributed by atoms with van der Waals surface area (Å²) in [5.74, 6) is -0.0802. The molecule has 0 bridgehead atoms. The summed E-state index contributed by atoms with van der Waals surface area (Å²) in [5, 5.41) is 10.2. The van der Waals surface area contributed by atoms with Crippen LogP contribution in [0, 0.1) is 0 Å². The Hall–Kier alpha value is -2.75. The van der Waals surface area contributed by atoms with E-state index < -0.39 is 9.84 Å². The van der Waals surface area contributed by atoms with E-state index in [-0.39, 0.29) is 18.0 Å². The van der Waals surface area contributed by atoms with Gasteiger partial charge in [-0.2, -0.15) is 0 Å². The van der Waals surface area contributed by atoms with Gasteiger partial charge in [0.05, 0.1) is 22.6 Å². The molecule has 0 radical (unpaired) electrons. The lowest BCUT2D eigenvalue weighted by Gasteiger charge is -2.02. The molecule has 176 valence electrons. The number of carbonyl (C=O) groups is 1. The van der Waals surface area contributed by atoms with E-state index in [1.54, 1.807) is 24.3 Å². The lowest BCUT2D eigenvalue weighted by Crippen LogP contribution is -2.04. The number of carbonyl (C=O) groups excluding carboxylic acids is 1. The van der Waals surface area contributed by atoms with Crippen LogP contribution in [0.2, 0.25) is 0 Å². The third-order valence-corrected chi connectivity index (χ3v) is 8.06. The smallest absolute Gasteiger partial charge is 0.169 e. The maximum atomic E-state index is 12.6. The number of aromatic nitrogens is 1. The molecular weight excluding hydrogens is 486 g/mol. The summed E-state index contributed by atoms with van der Waals surface area (Å²) in [6.45, 7) is 2.19. The molecule has 0 N–H and O–H groups in total. The molecule has 2 heterocycles. The van der Waals surface area contributed by atoms with E-state index in [4.69, 9.17) is 0 Å². The van der Waals surface area contributed by atoms with Crippen LogP contribution in [0.15, 0.2) is 64.8 Å². The number of rotatable bonds is 10. The van der Waals surface area contributed by atoms with Crippen LogP contribution in [0.4, 0.5) is 10.7 Å². The van der Waals surface area contributed by atoms with Gasteiger partial charge in [0.2, 0.25) is 0 Å². The molecule has 0 fully saturated rings. The monoisotopic (exact) mass is 511 g/mol. The van der Waals surface area contributed by atoms with E-state index in [1.807, 2.05) is 18.2 Å². The first kappa shape index (κ1) is 24.4. The minimum absolute atomic E-state index is 0.0336. The molecule has 0 saturated carbocycles. The minimum Gasteiger partial charge on any atom is -0.294 e. The number of aryl methyl sites for hydroxylation is 1. The number of Topliss-reactive ketones (excluding diaryl/α,β-unsaturated/α-hetero) is 1. The van der Waals surface area contributed by atoms with E-state index in [0.717, 1.165) is 31.6 Å². The van der Waals surface area contributed by atoms with Crippen LogP contribution in [0.1, 0.15) is 46.3 Å². The summed E-state index contributed by atoms with van der Waals surface area (Å²) in [7, 11) is -3.10. The first-order chi connectivity index (χ1) is 16.3. The van der Waals surface area contributed by atoms with Crippen molar-refractivity contribution in [1.29, 1.82) is 0 Å². The number of benzene rings is 2. The fourth-order valence-electron chi connectivity index (χ4n) is 3.44. The zero-order valence-electron chi connectivity index (χ0n) is 19.0. The molecule has 0 saturated heterocycles. The van der Waals surface area contributed by atoms with Gasteiger partial charge in [-0.15, -0.1) is 21.6 Å². The first-order valence-electron chi connectivity index (χ1n) is 11.0. The zero-order valence-corrected chi connectivity index (χ0v) is 21.5. The van der Waals surface area contributed by atoms with Gasteiger partial charge in [-0.05, 0) is 42.2 Å². The molecule has 9 heteroatoms. The Bertz CT molecular complexity index is 1390. The number of hydrogen-bond donors (Lipinski definition) is 0. The largest absolute Gasteiger partial charge is 0.294 e. The van der Waals surface area contributed by atoms with Crippen molar-refractivity contribution in [3.8, 4) is 0 Å². The van der Waals surface area contributed by atoms with Crippen molar-refractivity contribution in [2.45, 2.75) is 38.4 Å². The van der Waals surface area contributed by atoms with E-state index in [1.165, 1.54) is 47.3 Å². The van der Waals surface area contributed by atoms with Crippen LogP contribution in [-0.4, -0.2) is 25.4 Å². The van der Waals surface area contributed by atoms with Gasteiger partial charge in [0.15, 0.2) is 15.6 Å². The highest BCUT2D eigenvalue weighted by atomic mass is 32.2. The van der Waals surface area contributed by atoms with E-state index in [9.17, 15) is 13.2 Å². The molecule has 0 atom stereocenters. The van der Waals surface area contributed by atoms with Crippen LogP contribution < -0.4 is 0 Å². The normalized spacial score (nSPS) is 12.1. The third-order valence-electron chi connectivity index (χ3n) is 5.16. The second-order valence-electron chi connectivity index (χ2n) is 8.20. The zero-order chi connectivity index (χ0) is 24.1. The first-order valence-corrected chi connectivity index (χ1v) is 14.7. The highest BCUT2D eigenvalue weighted by Crippen LogP contribution is 2.36. The van der Waals surface area contributed by atoms with Gasteiger partial charge < -0.3 is 0 Å². The Morgan fingerprint density at radius 3 is 2.32 bits per heavy atom. The topological polar surface area (TPSA) is 88.8 Å². The summed E-state index contributed by atoms with van der Waals surface area (Å²) in [6.07, 6.45) is 4.85. The number of fused-ring (bicyclic) bond motifs is 1. The van der Waals surface area contributed by atoms with Crippen molar-refractivity contribution in [2.24, 2.45) is 10.2 Å². The van der Waals surface area contributed by atoms with E-state index in [2.05, 4.69) is 34.3 Å². The van der Waals surface area contributed by atoms with Gasteiger partial charge in [0, 0.05) is 11.8 Å². The predicted molar refractivity (Wildman–Crippen MR) is 140 cm³/mol. The Kier molecular flexibility index (Phi) is 7.65. The van der Waals surface area contributed by atoms with Gasteiger partial charge >= 0.3 is 0 Å². The van der Waals surface area contributed by atoms with Gasteiger partial charge in [0.25, 0.3) is 0 Å². The molecule has 6 nitrogen and oxygen atoms in total. The number of nitrogens with zero attached hydrogens (tertiary/aromatic N) is 3. The van der Waals surface area contributed by atoms with Gasteiger partial charge in [0.1, 0.15) is 14.8 Å². The van der Waals surface area contributed by atoms with Crippen molar-refractivity contribution in [1.82, 2.24) is 4.98 Å². The number of ketones is 1. The maximum absolute atomic E-state index is 12.6. The van der Waals surface area contributed by atoms with Crippen LogP contribution in [0.3, 0.4) is 0 Å². The summed E-state index contributed by atoms with van der Waals surface area (Å²) >= 11 is 2.93. The number of hydrogen-bond acceptors (Lipinski definition) is 8. The second-order valence-corrected chi connectivity index (χ2v) is 12.5. The average molecular weight is 512 g/mol. The summed E-state index contributed by atoms with van der Waals surface area (Å²) < 4.78 is 23.8. The van der Waals surface area contributed by atoms with Crippen molar-refractivity contribution >= 4 is 58.5 Å². The number of thiazole rings is 1. The highest BCUT2D eigenvalue weighted by molar-refractivity contribution is 7.89. The standard InChI is InChI=1S/C25H25N3O3S3/c1-3-4-5-17-8-12-20(13-9-17)27-28-24-15-22-25(33-24)26-23(32-22)14-21(29)19-10-6-18(7-11-19)16-34(2,30)31/h6-13,15H,3-5,14,16H2,1-2H3. The van der Waals surface area contributed by atoms with Crippen molar-refractivity contribution in [3.63, 3.8) is 0 Å². The quantitative estimate of drug-likeness (QED) is 0.168.